The first-order valence-electron chi connectivity index (χ1n) is 10.8. The molecule has 6 nitrogen and oxygen atoms in total. The Morgan fingerprint density at radius 1 is 1.06 bits per heavy atom. The Labute approximate surface area is 187 Å². The number of fused-ring (bicyclic) bond motifs is 1. The molecule has 0 saturated heterocycles. The number of carbonyl (C=O) groups is 1. The van der Waals surface area contributed by atoms with E-state index in [1.807, 2.05) is 0 Å². The molecule has 1 aliphatic rings. The van der Waals surface area contributed by atoms with Crippen LogP contribution in [0.1, 0.15) is 48.7 Å². The maximum absolute atomic E-state index is 15.2. The molecule has 0 atom stereocenters. The van der Waals surface area contributed by atoms with Crippen LogP contribution in [0.15, 0.2) is 35.1 Å². The van der Waals surface area contributed by atoms with Crippen molar-refractivity contribution in [2.24, 2.45) is 0 Å². The summed E-state index contributed by atoms with van der Waals surface area (Å²) < 4.78 is 56.7. The van der Waals surface area contributed by atoms with E-state index in [1.165, 1.54) is 4.57 Å². The predicted octanol–water partition coefficient (Wildman–Crippen LogP) is 4.94. The number of pyridine rings is 1. The van der Waals surface area contributed by atoms with Gasteiger partial charge in [0.05, 0.1) is 29.8 Å². The lowest BCUT2D eigenvalue weighted by molar-refractivity contribution is 0.0518. The van der Waals surface area contributed by atoms with Crippen LogP contribution in [-0.4, -0.2) is 23.8 Å². The first kappa shape index (κ1) is 22.7. The molecule has 0 unspecified atom stereocenters. The highest BCUT2D eigenvalue weighted by molar-refractivity contribution is 6.01. The van der Waals surface area contributed by atoms with Gasteiger partial charge in [-0.15, -0.1) is 0 Å². The van der Waals surface area contributed by atoms with Gasteiger partial charge in [-0.25, -0.2) is 18.0 Å². The minimum Gasteiger partial charge on any atom is -0.478 e. The zero-order valence-corrected chi connectivity index (χ0v) is 18.2. The summed E-state index contributed by atoms with van der Waals surface area (Å²) >= 11 is 0. The third kappa shape index (κ3) is 4.03. The van der Waals surface area contributed by atoms with Crippen molar-refractivity contribution >= 4 is 22.6 Å². The molecule has 0 aliphatic heterocycles. The third-order valence-corrected chi connectivity index (χ3v) is 5.41. The Bertz CT molecular complexity index is 1270. The average molecular weight is 460 g/mol. The normalized spacial score (nSPS) is 13.2. The van der Waals surface area contributed by atoms with Crippen molar-refractivity contribution in [1.29, 1.82) is 0 Å². The summed E-state index contributed by atoms with van der Waals surface area (Å²) in [6.45, 7) is 3.30. The fourth-order valence-corrected chi connectivity index (χ4v) is 3.83. The molecule has 0 bridgehead atoms. The van der Waals surface area contributed by atoms with E-state index in [1.54, 1.807) is 44.2 Å². The van der Waals surface area contributed by atoms with Gasteiger partial charge in [0.1, 0.15) is 0 Å². The molecule has 4 rings (SSSR count). The van der Waals surface area contributed by atoms with E-state index < -0.39 is 51.0 Å². The molecular weight excluding hydrogens is 437 g/mol. The fourth-order valence-electron chi connectivity index (χ4n) is 3.83. The number of carbonyl (C=O) groups excluding carboxylic acids is 1. The lowest BCUT2D eigenvalue weighted by atomic mass is 10.1. The van der Waals surface area contributed by atoms with Crippen molar-refractivity contribution in [2.45, 2.75) is 39.3 Å². The second kappa shape index (κ2) is 9.17. The predicted molar refractivity (Wildman–Crippen MR) is 117 cm³/mol. The zero-order chi connectivity index (χ0) is 23.7. The number of benzene rings is 2. The number of aromatic nitrogens is 1. The van der Waals surface area contributed by atoms with Crippen LogP contribution in [-0.2, 0) is 11.3 Å². The summed E-state index contributed by atoms with van der Waals surface area (Å²) in [4.78, 5) is 26.2. The maximum atomic E-state index is 15.2. The van der Waals surface area contributed by atoms with Gasteiger partial charge in [-0.3, -0.25) is 4.79 Å². The number of halogens is 3. The van der Waals surface area contributed by atoms with Gasteiger partial charge in [0, 0.05) is 12.6 Å². The Morgan fingerprint density at radius 2 is 1.76 bits per heavy atom. The largest absolute Gasteiger partial charge is 0.478 e. The molecule has 2 aromatic carbocycles. The number of rotatable bonds is 8. The van der Waals surface area contributed by atoms with Crippen LogP contribution in [0, 0.1) is 17.5 Å². The Morgan fingerprint density at radius 3 is 2.36 bits per heavy atom. The maximum Gasteiger partial charge on any atom is 0.347 e. The molecule has 9 heteroatoms. The van der Waals surface area contributed by atoms with Crippen molar-refractivity contribution in [3.05, 3.63) is 69.1 Å². The fraction of sp³-hybridized carbons (Fsp3) is 0.333. The van der Waals surface area contributed by atoms with Gasteiger partial charge in [-0.1, -0.05) is 30.3 Å². The number of nitrogens with one attached hydrogen (secondary N) is 1. The Hall–Kier alpha value is -3.49. The van der Waals surface area contributed by atoms with Crippen molar-refractivity contribution in [2.75, 3.05) is 18.5 Å². The Kier molecular flexibility index (Phi) is 6.31. The van der Waals surface area contributed by atoms with Crippen molar-refractivity contribution in [3.63, 3.8) is 0 Å². The van der Waals surface area contributed by atoms with E-state index in [0.717, 1.165) is 5.56 Å². The molecular formula is C24H23F3N2O4. The summed E-state index contributed by atoms with van der Waals surface area (Å²) in [5, 5.41) is 2.27. The molecule has 33 heavy (non-hydrogen) atoms. The highest BCUT2D eigenvalue weighted by Crippen LogP contribution is 2.44. The molecule has 174 valence electrons. The van der Waals surface area contributed by atoms with Crippen LogP contribution in [0.5, 0.6) is 5.88 Å². The molecule has 1 aromatic heterocycles. The lowest BCUT2D eigenvalue weighted by Gasteiger charge is -2.22. The van der Waals surface area contributed by atoms with E-state index in [4.69, 9.17) is 9.47 Å². The van der Waals surface area contributed by atoms with Crippen molar-refractivity contribution in [3.8, 4) is 5.88 Å². The van der Waals surface area contributed by atoms with Crippen LogP contribution >= 0.6 is 0 Å². The van der Waals surface area contributed by atoms with Crippen LogP contribution in [0.4, 0.5) is 18.9 Å². The molecule has 0 spiro atoms. The second-order valence-electron chi connectivity index (χ2n) is 7.64. The Balaban J connectivity index is 2.06. The van der Waals surface area contributed by atoms with Gasteiger partial charge in [0.15, 0.2) is 23.0 Å². The summed E-state index contributed by atoms with van der Waals surface area (Å²) in [7, 11) is 0. The van der Waals surface area contributed by atoms with Crippen molar-refractivity contribution in [1.82, 2.24) is 4.57 Å². The van der Waals surface area contributed by atoms with Crippen LogP contribution in [0.2, 0.25) is 0 Å². The van der Waals surface area contributed by atoms with Gasteiger partial charge in [0.25, 0.3) is 0 Å². The summed E-state index contributed by atoms with van der Waals surface area (Å²) in [6.07, 6.45) is 1.21. The summed E-state index contributed by atoms with van der Waals surface area (Å²) in [5.41, 5.74) is -1.67. The van der Waals surface area contributed by atoms with Gasteiger partial charge < -0.3 is 19.4 Å². The monoisotopic (exact) mass is 460 g/mol. The number of hydrogen-bond acceptors (Lipinski definition) is 5. The standard InChI is InChI=1S/C24H23F3N2O4/c1-3-32-23-16(24(31)33-4-2)22(30)15-20(28-12-13-8-6-5-7-9-13)18(26)17(25)19(27)21(15)29(23)14-10-11-14/h5-9,14,28H,3-4,10-12H2,1-2H3. The van der Waals surface area contributed by atoms with Crippen molar-refractivity contribution < 1.29 is 27.4 Å². The molecule has 0 amide bonds. The van der Waals surface area contributed by atoms with Gasteiger partial charge in [0.2, 0.25) is 11.3 Å². The molecule has 1 saturated carbocycles. The lowest BCUT2D eigenvalue weighted by Crippen LogP contribution is -2.26. The van der Waals surface area contributed by atoms with E-state index in [-0.39, 0.29) is 31.7 Å². The van der Waals surface area contributed by atoms with Gasteiger partial charge >= 0.3 is 5.97 Å². The molecule has 3 aromatic rings. The van der Waals surface area contributed by atoms with E-state index in [2.05, 4.69) is 5.32 Å². The van der Waals surface area contributed by atoms with Crippen LogP contribution in [0.3, 0.4) is 0 Å². The van der Waals surface area contributed by atoms with E-state index in [9.17, 15) is 18.4 Å². The number of nitrogens with zero attached hydrogens (tertiary/aromatic N) is 1. The summed E-state index contributed by atoms with van der Waals surface area (Å²) in [5.74, 6) is -5.92. The minimum atomic E-state index is -1.71. The molecule has 1 aliphatic carbocycles. The summed E-state index contributed by atoms with van der Waals surface area (Å²) in [6, 6.07) is 8.52. The third-order valence-electron chi connectivity index (χ3n) is 5.41. The first-order chi connectivity index (χ1) is 15.9. The number of ether oxygens (including phenoxy) is 2. The second-order valence-corrected chi connectivity index (χ2v) is 7.64. The first-order valence-corrected chi connectivity index (χ1v) is 10.8. The number of hydrogen-bond donors (Lipinski definition) is 1. The van der Waals surface area contributed by atoms with Gasteiger partial charge in [-0.2, -0.15) is 0 Å². The highest BCUT2D eigenvalue weighted by atomic mass is 19.2. The smallest absolute Gasteiger partial charge is 0.347 e. The average Bonchev–Trinajstić information content (AvgIpc) is 3.64. The quantitative estimate of drug-likeness (QED) is 0.381. The van der Waals surface area contributed by atoms with Gasteiger partial charge in [-0.05, 0) is 32.3 Å². The number of anilines is 1. The molecule has 0 radical (unpaired) electrons. The molecule has 1 heterocycles. The molecule has 1 fully saturated rings. The molecule has 1 N–H and O–H groups in total. The highest BCUT2D eigenvalue weighted by Gasteiger charge is 2.37. The van der Waals surface area contributed by atoms with Crippen LogP contribution < -0.4 is 15.5 Å². The SMILES string of the molecule is CCOC(=O)c1c(OCC)n(C2CC2)c2c(F)c(F)c(F)c(NCc3ccccc3)c2c1=O. The zero-order valence-electron chi connectivity index (χ0n) is 18.2. The van der Waals surface area contributed by atoms with Crippen LogP contribution in [0.25, 0.3) is 10.9 Å². The minimum absolute atomic E-state index is 0.0173. The topological polar surface area (TPSA) is 69.6 Å². The van der Waals surface area contributed by atoms with E-state index in [0.29, 0.717) is 12.8 Å². The van der Waals surface area contributed by atoms with E-state index >= 15 is 4.39 Å². The number of esters is 1.